The summed E-state index contributed by atoms with van der Waals surface area (Å²) < 4.78 is 0. The third kappa shape index (κ3) is 11.7. The number of hydrogen-bond acceptors (Lipinski definition) is 0. The first-order valence-electron chi connectivity index (χ1n) is 36.0. The molecule has 0 radical (unpaired) electrons. The van der Waals surface area contributed by atoms with E-state index in [9.17, 15) is 0 Å². The van der Waals surface area contributed by atoms with Crippen molar-refractivity contribution in [3.63, 3.8) is 0 Å². The highest BCUT2D eigenvalue weighted by molar-refractivity contribution is 6.34. The molecule has 11 aromatic carbocycles. The Balaban J connectivity index is 0.844. The molecule has 0 amide bonds. The summed E-state index contributed by atoms with van der Waals surface area (Å²) in [7, 11) is 0. The molecule has 0 saturated carbocycles. The second-order valence-electron chi connectivity index (χ2n) is 28.4. The van der Waals surface area contributed by atoms with Gasteiger partial charge in [-0.15, -0.1) is 0 Å². The summed E-state index contributed by atoms with van der Waals surface area (Å²) in [5.74, 6) is 2.90. The molecule has 88 heavy (non-hydrogen) atoms. The zero-order valence-electron chi connectivity index (χ0n) is 55.4. The fraction of sp³-hybridized carbons (Fsp3) is 0.442. The molecule has 0 fully saturated rings. The van der Waals surface area contributed by atoms with Gasteiger partial charge in [-0.2, -0.15) is 0 Å². The van der Waals surface area contributed by atoms with Crippen molar-refractivity contribution in [2.45, 2.75) is 223 Å². The number of nitrogens with one attached hydrogen (secondary N) is 2. The van der Waals surface area contributed by atoms with Crippen molar-refractivity contribution in [3.05, 3.63) is 189 Å². The summed E-state index contributed by atoms with van der Waals surface area (Å²) in [6, 6.07) is 55.0. The first-order valence-corrected chi connectivity index (χ1v) is 36.0. The Morgan fingerprint density at radius 3 is 0.784 bits per heavy atom. The van der Waals surface area contributed by atoms with Gasteiger partial charge in [0.05, 0.1) is 0 Å². The van der Waals surface area contributed by atoms with E-state index >= 15 is 0 Å². The Morgan fingerprint density at radius 2 is 0.545 bits per heavy atom. The minimum Gasteiger partial charge on any atom is -0.324 e. The molecule has 2 aliphatic rings. The van der Waals surface area contributed by atoms with Crippen molar-refractivity contribution in [1.82, 2.24) is 0 Å². The van der Waals surface area contributed by atoms with Crippen LogP contribution >= 0.6 is 0 Å². The largest absolute Gasteiger partial charge is 0.324 e. The van der Waals surface area contributed by atoms with E-state index in [1.54, 1.807) is 43.2 Å². The normalized spacial score (nSPS) is 15.4. The lowest BCUT2D eigenvalue weighted by Crippen LogP contribution is -3.08. The van der Waals surface area contributed by atoms with Gasteiger partial charge in [0.25, 0.3) is 0 Å². The predicted molar refractivity (Wildman–Crippen MR) is 383 cm³/mol. The van der Waals surface area contributed by atoms with Gasteiger partial charge >= 0.3 is 0 Å². The second kappa shape index (κ2) is 27.0. The molecule has 0 bridgehead atoms. The van der Waals surface area contributed by atoms with Crippen LogP contribution in [0.15, 0.2) is 133 Å². The first kappa shape index (κ1) is 60.6. The van der Waals surface area contributed by atoms with Crippen LogP contribution in [0.25, 0.3) is 86.2 Å². The first-order chi connectivity index (χ1) is 43.3. The molecule has 0 saturated heterocycles. The number of benzene rings is 11. The standard InChI is InChI=1S/C86H102N2/c1-9-17-25-57(13-5)45-61-29-21-33-69-77(61)49-78-62(46-58(14-6)26-18-10-2)30-22-34-70(78)81(69)55-87-51-65-37-41-73-75-43-39-67-53-88(54-68-40-44-76(86(75)84(67)68)74-42-38-66(52-87)83(65)85(73)74)56-82-71-35-23-31-63(47-59(15-7)27-19-11-3)79(71)50-80-64(32-24-36-72(80)82)48-60(16-8)28-20-12-4/h21-24,29-44,49-50,57-60H,9-20,25-28,45-48,51-56H2,1-8H3/p+2. The van der Waals surface area contributed by atoms with Crippen molar-refractivity contribution in [3.8, 4) is 0 Å². The molecular weight excluding hydrogens is 1060 g/mol. The zero-order chi connectivity index (χ0) is 60.4. The van der Waals surface area contributed by atoms with Crippen molar-refractivity contribution in [1.29, 1.82) is 0 Å². The molecule has 2 aliphatic heterocycles. The van der Waals surface area contributed by atoms with E-state index in [2.05, 4.69) is 189 Å². The summed E-state index contributed by atoms with van der Waals surface area (Å²) in [4.78, 5) is 3.31. The van der Waals surface area contributed by atoms with E-state index in [0.717, 1.165) is 62.9 Å². The lowest BCUT2D eigenvalue weighted by molar-refractivity contribution is -0.941. The van der Waals surface area contributed by atoms with Gasteiger partial charge in [0.15, 0.2) is 0 Å². The van der Waals surface area contributed by atoms with E-state index in [1.807, 2.05) is 0 Å². The lowest BCUT2D eigenvalue weighted by atomic mass is 9.82. The highest BCUT2D eigenvalue weighted by atomic mass is 15.1. The van der Waals surface area contributed by atoms with E-state index in [0.29, 0.717) is 0 Å². The maximum atomic E-state index is 2.65. The van der Waals surface area contributed by atoms with E-state index in [4.69, 9.17) is 0 Å². The quantitative estimate of drug-likeness (QED) is 0.0357. The monoisotopic (exact) mass is 1160 g/mol. The van der Waals surface area contributed by atoms with Gasteiger partial charge in [0.2, 0.25) is 0 Å². The molecule has 2 heterocycles. The predicted octanol–water partition coefficient (Wildman–Crippen LogP) is 21.6. The highest BCUT2D eigenvalue weighted by Crippen LogP contribution is 2.46. The third-order valence-electron chi connectivity index (χ3n) is 22.7. The molecule has 0 aliphatic carbocycles. The maximum Gasteiger partial charge on any atom is 0.105 e. The number of unbranched alkanes of at least 4 members (excludes halogenated alkanes) is 4. The van der Waals surface area contributed by atoms with Gasteiger partial charge in [0, 0.05) is 44.2 Å². The van der Waals surface area contributed by atoms with Gasteiger partial charge in [-0.25, -0.2) is 0 Å². The Hall–Kier alpha value is -6.32. The van der Waals surface area contributed by atoms with Crippen LogP contribution in [0.1, 0.15) is 214 Å². The minimum atomic E-state index is 0.726. The molecule has 11 aromatic rings. The van der Waals surface area contributed by atoms with Gasteiger partial charge in [-0.3, -0.25) is 0 Å². The van der Waals surface area contributed by atoms with Crippen LogP contribution in [0.5, 0.6) is 0 Å². The van der Waals surface area contributed by atoms with Gasteiger partial charge in [0.1, 0.15) is 39.3 Å². The average Bonchev–Trinajstić information content (AvgIpc) is 1.05. The maximum absolute atomic E-state index is 2.65. The molecule has 4 atom stereocenters. The number of fused-ring (bicyclic) bond motifs is 6. The Bertz CT molecular complexity index is 3750. The van der Waals surface area contributed by atoms with Gasteiger partial charge in [-0.1, -0.05) is 279 Å². The molecule has 0 spiro atoms. The van der Waals surface area contributed by atoms with Crippen LogP contribution in [0.3, 0.4) is 0 Å². The molecule has 456 valence electrons. The highest BCUT2D eigenvalue weighted by Gasteiger charge is 2.31. The average molecular weight is 1170 g/mol. The number of hydrogen-bond donors (Lipinski definition) is 2. The van der Waals surface area contributed by atoms with Crippen molar-refractivity contribution in [2.75, 3.05) is 0 Å². The van der Waals surface area contributed by atoms with Crippen LogP contribution in [-0.2, 0) is 65.0 Å². The second-order valence-corrected chi connectivity index (χ2v) is 28.4. The summed E-state index contributed by atoms with van der Waals surface area (Å²) >= 11 is 0. The van der Waals surface area contributed by atoms with Crippen LogP contribution in [0.4, 0.5) is 0 Å². The fourth-order valence-corrected chi connectivity index (χ4v) is 17.6. The van der Waals surface area contributed by atoms with Crippen molar-refractivity contribution in [2.24, 2.45) is 23.7 Å². The summed E-state index contributed by atoms with van der Waals surface area (Å²) in [6.07, 6.45) is 25.4. The SMILES string of the molecule is CCCCC(CC)Cc1cccc2c(C[NH+]3Cc4ccc5c6ccc7c8c(ccc(c9ccc(c4c59)C3)c86)C[NH+](Cc3c4cccc(CC(CC)CCCC)c4cc4c(CC(CC)CCCC)cccc34)C7)c3cccc(CC(CC)CCCC)c3cc12. The summed E-state index contributed by atoms with van der Waals surface area (Å²) in [6.45, 7) is 25.3. The molecule has 0 aromatic heterocycles. The van der Waals surface area contributed by atoms with E-state index < -0.39 is 0 Å². The Labute approximate surface area is 528 Å². The molecule has 2 heteroatoms. The number of rotatable bonds is 28. The molecular formula is C86H104N2+2. The van der Waals surface area contributed by atoms with Crippen LogP contribution in [-0.4, -0.2) is 0 Å². The van der Waals surface area contributed by atoms with E-state index in [1.165, 1.54) is 237 Å². The van der Waals surface area contributed by atoms with Crippen LogP contribution in [0.2, 0.25) is 0 Å². The topological polar surface area (TPSA) is 8.88 Å². The summed E-state index contributed by atoms with van der Waals surface area (Å²) in [5, 5.41) is 23.8. The summed E-state index contributed by atoms with van der Waals surface area (Å²) in [5.41, 5.74) is 15.4. The van der Waals surface area contributed by atoms with Gasteiger partial charge in [-0.05, 0) is 159 Å². The molecule has 2 N–H and O–H groups in total. The van der Waals surface area contributed by atoms with Crippen LogP contribution < -0.4 is 9.80 Å². The molecule has 2 nitrogen and oxygen atoms in total. The Kier molecular flexibility index (Phi) is 18.6. The van der Waals surface area contributed by atoms with Crippen molar-refractivity contribution < 1.29 is 9.80 Å². The Morgan fingerprint density at radius 1 is 0.284 bits per heavy atom. The zero-order valence-corrected chi connectivity index (χ0v) is 55.4. The van der Waals surface area contributed by atoms with Gasteiger partial charge < -0.3 is 9.80 Å². The third-order valence-corrected chi connectivity index (χ3v) is 22.7. The molecule has 13 rings (SSSR count). The van der Waals surface area contributed by atoms with E-state index in [-0.39, 0.29) is 0 Å². The molecule has 4 unspecified atom stereocenters. The van der Waals surface area contributed by atoms with Crippen LogP contribution in [0, 0.1) is 23.7 Å². The fourth-order valence-electron chi connectivity index (χ4n) is 17.6. The minimum absolute atomic E-state index is 0.726. The smallest absolute Gasteiger partial charge is 0.105 e. The van der Waals surface area contributed by atoms with Crippen molar-refractivity contribution >= 4 is 86.2 Å². The number of quaternary nitrogens is 2. The lowest BCUT2D eigenvalue weighted by Gasteiger charge is -2.30.